The molecule has 0 saturated carbocycles. The molecule has 6 atom stereocenters. The lowest BCUT2D eigenvalue weighted by atomic mass is 9.98. The minimum absolute atomic E-state index is 0.154. The number of carbonyl (C=O) groups excluding carboxylic acids is 4. The van der Waals surface area contributed by atoms with E-state index >= 15 is 0 Å². The van der Waals surface area contributed by atoms with Gasteiger partial charge in [-0.15, -0.1) is 0 Å². The van der Waals surface area contributed by atoms with Gasteiger partial charge >= 0.3 is 0 Å². The minimum atomic E-state index is -2.03. The fourth-order valence-electron chi connectivity index (χ4n) is 5.68. The number of nitrogens with one attached hydrogen (secondary N) is 4. The lowest BCUT2D eigenvalue weighted by Crippen LogP contribution is -2.60. The second-order valence-electron chi connectivity index (χ2n) is 13.6. The van der Waals surface area contributed by atoms with E-state index in [4.69, 9.17) is 9.47 Å². The zero-order valence-electron chi connectivity index (χ0n) is 31.3. The number of carbonyl (C=O) groups is 4. The fourth-order valence-corrected chi connectivity index (χ4v) is 7.01. The van der Waals surface area contributed by atoms with E-state index in [2.05, 4.69) is 21.3 Å². The van der Waals surface area contributed by atoms with Crippen LogP contribution in [0.3, 0.4) is 0 Å². The third-order valence-electron chi connectivity index (χ3n) is 8.95. The van der Waals surface area contributed by atoms with Crippen molar-refractivity contribution in [1.29, 1.82) is 0 Å². The highest BCUT2D eigenvalue weighted by molar-refractivity contribution is 7.08. The number of amides is 4. The molecule has 2 aromatic heterocycles. The quantitative estimate of drug-likeness (QED) is 0.0825. The molecular weight excluding hydrogens is 729 g/mol. The van der Waals surface area contributed by atoms with Gasteiger partial charge in [-0.2, -0.15) is 22.7 Å². The summed E-state index contributed by atoms with van der Waals surface area (Å²) in [7, 11) is 2.88. The van der Waals surface area contributed by atoms with Crippen LogP contribution in [0, 0.1) is 11.8 Å². The molecule has 54 heavy (non-hydrogen) atoms. The van der Waals surface area contributed by atoms with Gasteiger partial charge in [0.15, 0.2) is 12.2 Å². The minimum Gasteiger partial charge on any atom is -0.387 e. The number of aliphatic hydroxyl groups excluding tert-OH is 2. The molecule has 0 unspecified atom stereocenters. The maximum atomic E-state index is 13.9. The van der Waals surface area contributed by atoms with Crippen molar-refractivity contribution in [3.63, 3.8) is 0 Å². The van der Waals surface area contributed by atoms with E-state index < -0.39 is 60.1 Å². The van der Waals surface area contributed by atoms with E-state index in [1.54, 1.807) is 50.4 Å². The summed E-state index contributed by atoms with van der Waals surface area (Å²) in [4.78, 5) is 53.1. The lowest BCUT2D eigenvalue weighted by Gasteiger charge is -2.32. The molecule has 14 heteroatoms. The number of aliphatic hydroxyl groups is 2. The normalized spacial score (nSPS) is 14.8. The molecule has 0 spiro atoms. The van der Waals surface area contributed by atoms with Gasteiger partial charge in [-0.3, -0.25) is 19.2 Å². The predicted molar refractivity (Wildman–Crippen MR) is 210 cm³/mol. The second-order valence-corrected chi connectivity index (χ2v) is 15.1. The molecule has 2 aromatic carbocycles. The molecule has 0 aliphatic rings. The predicted octanol–water partition coefficient (Wildman–Crippen LogP) is 4.11. The smallest absolute Gasteiger partial charge is 0.252 e. The Bertz CT molecular complexity index is 1650. The molecule has 12 nitrogen and oxygen atoms in total. The molecule has 0 fully saturated rings. The topological polar surface area (TPSA) is 175 Å². The first-order valence-corrected chi connectivity index (χ1v) is 19.6. The highest BCUT2D eigenvalue weighted by Crippen LogP contribution is 2.25. The number of likely N-dealkylation sites (N-methyl/N-ethyl adjacent to an activating group) is 2. The van der Waals surface area contributed by atoms with Crippen LogP contribution in [0.25, 0.3) is 22.3 Å². The maximum absolute atomic E-state index is 13.9. The molecule has 0 aliphatic carbocycles. The van der Waals surface area contributed by atoms with Crippen LogP contribution >= 0.6 is 22.7 Å². The Labute approximate surface area is 324 Å². The first-order valence-electron chi connectivity index (χ1n) is 17.7. The van der Waals surface area contributed by atoms with Crippen LogP contribution in [-0.2, 0) is 41.9 Å². The van der Waals surface area contributed by atoms with Crippen molar-refractivity contribution < 1.29 is 38.9 Å². The summed E-state index contributed by atoms with van der Waals surface area (Å²) >= 11 is 3.16. The van der Waals surface area contributed by atoms with Crippen LogP contribution in [0.15, 0.2) is 82.2 Å². The van der Waals surface area contributed by atoms with Gasteiger partial charge in [-0.25, -0.2) is 0 Å². The van der Waals surface area contributed by atoms with Gasteiger partial charge in [0.25, 0.3) is 11.8 Å². The number of benzene rings is 2. The van der Waals surface area contributed by atoms with Crippen molar-refractivity contribution in [3.8, 4) is 22.3 Å². The average Bonchev–Trinajstić information content (AvgIpc) is 3.92. The standard InChI is InChI=1S/C40H50N4O8S2/c1-23(2)31(37(47)41-5)43-39(49)35(51-19-25-7-11-27(12-8-25)29-15-17-53-21-29)33(45)34(46)36(40(50)44-32(24(3)4)38(48)42-6)52-20-26-9-13-28(14-10-26)30-16-18-54-22-30/h7-18,21-24,31-36,45-46H,19-20H2,1-6H3,(H,41,47)(H,42,48)(H,43,49)(H,44,50)/t31-,32-,33-,34-,35+,36+/m1/s1. The molecular formula is C40H50N4O8S2. The van der Waals surface area contributed by atoms with E-state index in [9.17, 15) is 29.4 Å². The fraction of sp³-hybridized carbons (Fsp3) is 0.400. The molecule has 4 amide bonds. The molecule has 4 aromatic rings. The van der Waals surface area contributed by atoms with E-state index in [1.165, 1.54) is 14.1 Å². The first kappa shape index (κ1) is 42.3. The van der Waals surface area contributed by atoms with Crippen molar-refractivity contribution in [2.24, 2.45) is 11.8 Å². The lowest BCUT2D eigenvalue weighted by molar-refractivity contribution is -0.171. The molecule has 290 valence electrons. The summed E-state index contributed by atoms with van der Waals surface area (Å²) in [5.41, 5.74) is 5.41. The summed E-state index contributed by atoms with van der Waals surface area (Å²) < 4.78 is 12.0. The third kappa shape index (κ3) is 11.3. The molecule has 0 saturated heterocycles. The van der Waals surface area contributed by atoms with Gasteiger partial charge in [0.1, 0.15) is 24.3 Å². The molecule has 0 radical (unpaired) electrons. The van der Waals surface area contributed by atoms with E-state index in [0.29, 0.717) is 11.1 Å². The van der Waals surface area contributed by atoms with Crippen LogP contribution < -0.4 is 21.3 Å². The zero-order chi connectivity index (χ0) is 39.4. The summed E-state index contributed by atoms with van der Waals surface area (Å²) in [5, 5.41) is 41.8. The van der Waals surface area contributed by atoms with Gasteiger partial charge in [0.2, 0.25) is 11.8 Å². The molecule has 4 rings (SSSR count). The van der Waals surface area contributed by atoms with E-state index in [0.717, 1.165) is 22.3 Å². The largest absolute Gasteiger partial charge is 0.387 e. The summed E-state index contributed by atoms with van der Waals surface area (Å²) in [6, 6.07) is 16.9. The Morgan fingerprint density at radius 2 is 0.907 bits per heavy atom. The Balaban J connectivity index is 1.62. The van der Waals surface area contributed by atoms with Crippen LogP contribution in [-0.4, -0.2) is 84.4 Å². The second kappa shape index (κ2) is 20.3. The van der Waals surface area contributed by atoms with Crippen LogP contribution in [0.2, 0.25) is 0 Å². The van der Waals surface area contributed by atoms with Gasteiger partial charge in [0.05, 0.1) is 13.2 Å². The molecule has 0 bridgehead atoms. The van der Waals surface area contributed by atoms with Crippen LogP contribution in [0.4, 0.5) is 0 Å². The van der Waals surface area contributed by atoms with E-state index in [1.807, 2.05) is 82.2 Å². The SMILES string of the molecule is CNC(=O)[C@H](NC(=O)[C@@H](OCc1ccc(-c2ccsc2)cc1)[C@H](O)[C@@H](O)[C@H](OCc1ccc(-c2ccsc2)cc1)C(=O)N[C@@H](C(=O)NC)C(C)C)C(C)C. The molecule has 2 heterocycles. The first-order chi connectivity index (χ1) is 25.8. The highest BCUT2D eigenvalue weighted by Gasteiger charge is 2.42. The van der Waals surface area contributed by atoms with Crippen LogP contribution in [0.1, 0.15) is 38.8 Å². The Morgan fingerprint density at radius 1 is 0.556 bits per heavy atom. The monoisotopic (exact) mass is 778 g/mol. The highest BCUT2D eigenvalue weighted by atomic mass is 32.1. The summed E-state index contributed by atoms with van der Waals surface area (Å²) in [6.07, 6.45) is -7.57. The van der Waals surface area contributed by atoms with Crippen molar-refractivity contribution in [1.82, 2.24) is 21.3 Å². The number of ether oxygens (including phenoxy) is 2. The van der Waals surface area contributed by atoms with Gasteiger partial charge in [-0.1, -0.05) is 76.2 Å². The number of hydrogen-bond acceptors (Lipinski definition) is 10. The number of thiophene rings is 2. The van der Waals surface area contributed by atoms with Crippen molar-refractivity contribution >= 4 is 46.3 Å². The van der Waals surface area contributed by atoms with Crippen molar-refractivity contribution in [2.75, 3.05) is 14.1 Å². The summed E-state index contributed by atoms with van der Waals surface area (Å²) in [5.74, 6) is -3.37. The Morgan fingerprint density at radius 3 is 1.19 bits per heavy atom. The Hall–Kier alpha value is -4.44. The van der Waals surface area contributed by atoms with Crippen LogP contribution in [0.5, 0.6) is 0 Å². The maximum Gasteiger partial charge on any atom is 0.252 e. The van der Waals surface area contributed by atoms with Gasteiger partial charge < -0.3 is 41.0 Å². The summed E-state index contributed by atoms with van der Waals surface area (Å²) in [6.45, 7) is 6.67. The van der Waals surface area contributed by atoms with Crippen molar-refractivity contribution in [2.45, 2.75) is 77.4 Å². The number of rotatable bonds is 19. The molecule has 6 N–H and O–H groups in total. The van der Waals surface area contributed by atoms with E-state index in [-0.39, 0.29) is 25.0 Å². The zero-order valence-corrected chi connectivity index (χ0v) is 32.9. The number of hydrogen-bond donors (Lipinski definition) is 6. The Kier molecular flexibility index (Phi) is 15.9. The average molecular weight is 779 g/mol. The molecule has 0 aliphatic heterocycles. The van der Waals surface area contributed by atoms with Gasteiger partial charge in [-0.05, 0) is 78.9 Å². The van der Waals surface area contributed by atoms with Gasteiger partial charge in [0, 0.05) is 14.1 Å². The third-order valence-corrected chi connectivity index (χ3v) is 10.3. The van der Waals surface area contributed by atoms with Crippen molar-refractivity contribution in [3.05, 3.63) is 93.3 Å².